The Bertz CT molecular complexity index is 384. The van der Waals surface area contributed by atoms with Crippen LogP contribution in [0.5, 0.6) is 5.75 Å². The van der Waals surface area contributed by atoms with Crippen LogP contribution in [0.3, 0.4) is 0 Å². The summed E-state index contributed by atoms with van der Waals surface area (Å²) in [6.07, 6.45) is 1.17. The molecule has 1 aromatic rings. The molecule has 1 aliphatic heterocycles. The van der Waals surface area contributed by atoms with Gasteiger partial charge in [0, 0.05) is 23.5 Å². The monoisotopic (exact) mass is 239 g/mol. The molecule has 0 saturated carbocycles. The van der Waals surface area contributed by atoms with E-state index in [9.17, 15) is 0 Å². The van der Waals surface area contributed by atoms with Crippen molar-refractivity contribution in [3.8, 4) is 5.75 Å². The summed E-state index contributed by atoms with van der Waals surface area (Å²) < 4.78 is 5.84. The second-order valence-corrected chi connectivity index (χ2v) is 5.76. The molecular formula is C13H18ClNO. The van der Waals surface area contributed by atoms with Gasteiger partial charge in [0.25, 0.3) is 0 Å². The van der Waals surface area contributed by atoms with Crippen LogP contribution in [0.4, 0.5) is 0 Å². The van der Waals surface area contributed by atoms with Gasteiger partial charge >= 0.3 is 0 Å². The molecule has 0 radical (unpaired) electrons. The van der Waals surface area contributed by atoms with Gasteiger partial charge in [-0.1, -0.05) is 11.6 Å². The number of ether oxygens (including phenoxy) is 1. The molecule has 1 aliphatic rings. The molecule has 0 aromatic heterocycles. The first-order chi connectivity index (χ1) is 7.44. The van der Waals surface area contributed by atoms with Crippen molar-refractivity contribution < 1.29 is 4.74 Å². The van der Waals surface area contributed by atoms with E-state index in [1.54, 1.807) is 0 Å². The van der Waals surface area contributed by atoms with Crippen LogP contribution in [0.2, 0.25) is 5.02 Å². The van der Waals surface area contributed by atoms with Crippen molar-refractivity contribution >= 4 is 11.6 Å². The molecule has 2 rings (SSSR count). The second-order valence-electron chi connectivity index (χ2n) is 5.33. The third-order valence-corrected chi connectivity index (χ3v) is 2.86. The lowest BCUT2D eigenvalue weighted by Crippen LogP contribution is -2.42. The fourth-order valence-corrected chi connectivity index (χ4v) is 2.02. The largest absolute Gasteiger partial charge is 0.488 e. The van der Waals surface area contributed by atoms with Gasteiger partial charge < -0.3 is 10.1 Å². The number of rotatable bonds is 2. The summed E-state index contributed by atoms with van der Waals surface area (Å²) in [7, 11) is 0. The van der Waals surface area contributed by atoms with Crippen molar-refractivity contribution in [2.75, 3.05) is 6.54 Å². The minimum Gasteiger partial charge on any atom is -0.488 e. The molecule has 1 N–H and O–H groups in total. The zero-order chi connectivity index (χ0) is 11.8. The molecule has 16 heavy (non-hydrogen) atoms. The van der Waals surface area contributed by atoms with E-state index >= 15 is 0 Å². The molecule has 0 aliphatic carbocycles. The Labute approximate surface area is 102 Å². The van der Waals surface area contributed by atoms with Crippen LogP contribution in [0.15, 0.2) is 18.2 Å². The predicted octanol–water partition coefficient (Wildman–Crippen LogP) is 3.03. The Morgan fingerprint density at radius 2 is 2.19 bits per heavy atom. The van der Waals surface area contributed by atoms with Crippen LogP contribution in [-0.4, -0.2) is 18.2 Å². The average molecular weight is 240 g/mol. The maximum absolute atomic E-state index is 5.95. The average Bonchev–Trinajstić information content (AvgIpc) is 2.55. The first kappa shape index (κ1) is 11.7. The van der Waals surface area contributed by atoms with Gasteiger partial charge in [-0.05, 0) is 44.5 Å². The lowest BCUT2D eigenvalue weighted by molar-refractivity contribution is 0.212. The molecule has 0 spiro atoms. The number of hydrogen-bond acceptors (Lipinski definition) is 2. The number of halogens is 1. The molecule has 3 heteroatoms. The Morgan fingerprint density at radius 1 is 1.44 bits per heavy atom. The SMILES string of the molecule is CC(C)(C)NCC1Cc2cc(Cl)ccc2O1. The Hall–Kier alpha value is -0.730. The Kier molecular flexibility index (Phi) is 3.13. The highest BCUT2D eigenvalue weighted by atomic mass is 35.5. The third-order valence-electron chi connectivity index (χ3n) is 2.62. The minimum atomic E-state index is 0.135. The molecule has 2 nitrogen and oxygen atoms in total. The number of hydrogen-bond donors (Lipinski definition) is 1. The van der Waals surface area contributed by atoms with Crippen molar-refractivity contribution in [2.45, 2.75) is 38.8 Å². The molecular weight excluding hydrogens is 222 g/mol. The van der Waals surface area contributed by atoms with Crippen LogP contribution < -0.4 is 10.1 Å². The molecule has 0 fully saturated rings. The van der Waals surface area contributed by atoms with Gasteiger partial charge in [0.05, 0.1) is 0 Å². The topological polar surface area (TPSA) is 21.3 Å². The zero-order valence-electron chi connectivity index (χ0n) is 10.0. The molecule has 1 atom stereocenters. The van der Waals surface area contributed by atoms with Crippen LogP contribution in [0.25, 0.3) is 0 Å². The number of nitrogens with one attached hydrogen (secondary N) is 1. The van der Waals surface area contributed by atoms with Crippen LogP contribution in [0.1, 0.15) is 26.3 Å². The highest BCUT2D eigenvalue weighted by Gasteiger charge is 2.24. The Balaban J connectivity index is 1.95. The lowest BCUT2D eigenvalue weighted by atomic mass is 10.1. The van der Waals surface area contributed by atoms with Crippen molar-refractivity contribution in [2.24, 2.45) is 0 Å². The molecule has 88 valence electrons. The van der Waals surface area contributed by atoms with E-state index in [1.165, 1.54) is 5.56 Å². The minimum absolute atomic E-state index is 0.135. The predicted molar refractivity (Wildman–Crippen MR) is 67.3 cm³/mol. The fourth-order valence-electron chi connectivity index (χ4n) is 1.82. The van der Waals surface area contributed by atoms with E-state index in [4.69, 9.17) is 16.3 Å². The third kappa shape index (κ3) is 2.89. The maximum Gasteiger partial charge on any atom is 0.123 e. The van der Waals surface area contributed by atoms with Crippen LogP contribution in [0, 0.1) is 0 Å². The van der Waals surface area contributed by atoms with Gasteiger partial charge in [-0.15, -0.1) is 0 Å². The van der Waals surface area contributed by atoms with Crippen LogP contribution >= 0.6 is 11.6 Å². The summed E-state index contributed by atoms with van der Waals surface area (Å²) in [5.41, 5.74) is 1.35. The van der Waals surface area contributed by atoms with E-state index < -0.39 is 0 Å². The van der Waals surface area contributed by atoms with Gasteiger partial charge in [-0.25, -0.2) is 0 Å². The second kappa shape index (κ2) is 4.27. The first-order valence-corrected chi connectivity index (χ1v) is 6.02. The zero-order valence-corrected chi connectivity index (χ0v) is 10.8. The van der Waals surface area contributed by atoms with E-state index in [1.807, 2.05) is 18.2 Å². The molecule has 0 amide bonds. The van der Waals surface area contributed by atoms with Crippen LogP contribution in [-0.2, 0) is 6.42 Å². The molecule has 0 bridgehead atoms. The fraction of sp³-hybridized carbons (Fsp3) is 0.538. The molecule has 1 unspecified atom stereocenters. The summed E-state index contributed by atoms with van der Waals surface area (Å²) in [6, 6.07) is 5.82. The summed E-state index contributed by atoms with van der Waals surface area (Å²) >= 11 is 5.95. The summed E-state index contributed by atoms with van der Waals surface area (Å²) in [6.45, 7) is 7.35. The van der Waals surface area contributed by atoms with Gasteiger partial charge in [-0.2, -0.15) is 0 Å². The standard InChI is InChI=1S/C13H18ClNO/c1-13(2,3)15-8-11-7-9-6-10(14)4-5-12(9)16-11/h4-6,11,15H,7-8H2,1-3H3. The quantitative estimate of drug-likeness (QED) is 0.857. The Morgan fingerprint density at radius 3 is 2.88 bits per heavy atom. The van der Waals surface area contributed by atoms with Gasteiger partial charge in [0.1, 0.15) is 11.9 Å². The van der Waals surface area contributed by atoms with Crippen molar-refractivity contribution in [3.63, 3.8) is 0 Å². The molecule has 1 heterocycles. The van der Waals surface area contributed by atoms with Gasteiger partial charge in [-0.3, -0.25) is 0 Å². The van der Waals surface area contributed by atoms with E-state index in [2.05, 4.69) is 26.1 Å². The first-order valence-electron chi connectivity index (χ1n) is 5.64. The van der Waals surface area contributed by atoms with Gasteiger partial charge in [0.2, 0.25) is 0 Å². The van der Waals surface area contributed by atoms with Crippen molar-refractivity contribution in [1.29, 1.82) is 0 Å². The van der Waals surface area contributed by atoms with E-state index in [0.29, 0.717) is 0 Å². The highest BCUT2D eigenvalue weighted by molar-refractivity contribution is 6.30. The maximum atomic E-state index is 5.95. The van der Waals surface area contributed by atoms with E-state index in [-0.39, 0.29) is 11.6 Å². The highest BCUT2D eigenvalue weighted by Crippen LogP contribution is 2.30. The summed E-state index contributed by atoms with van der Waals surface area (Å²) in [4.78, 5) is 0. The van der Waals surface area contributed by atoms with Gasteiger partial charge in [0.15, 0.2) is 0 Å². The van der Waals surface area contributed by atoms with E-state index in [0.717, 1.165) is 23.7 Å². The number of benzene rings is 1. The van der Waals surface area contributed by atoms with Crippen molar-refractivity contribution in [3.05, 3.63) is 28.8 Å². The normalized spacial score (nSPS) is 19.4. The molecule has 0 saturated heterocycles. The lowest BCUT2D eigenvalue weighted by Gasteiger charge is -2.22. The number of fused-ring (bicyclic) bond motifs is 1. The summed E-state index contributed by atoms with van der Waals surface area (Å²) in [5, 5.41) is 4.24. The smallest absolute Gasteiger partial charge is 0.123 e. The summed E-state index contributed by atoms with van der Waals surface area (Å²) in [5.74, 6) is 0.977. The van der Waals surface area contributed by atoms with Crippen molar-refractivity contribution in [1.82, 2.24) is 5.32 Å². The molecule has 1 aromatic carbocycles.